The van der Waals surface area contributed by atoms with Crippen molar-refractivity contribution in [1.82, 2.24) is 5.32 Å². The maximum absolute atomic E-state index is 13.0. The molecule has 0 aliphatic rings. The number of carbonyl (C=O) groups is 2. The maximum Gasteiger partial charge on any atom is 0.253 e. The summed E-state index contributed by atoms with van der Waals surface area (Å²) in [6, 6.07) is 11.9. The van der Waals surface area contributed by atoms with Crippen molar-refractivity contribution in [2.45, 2.75) is 32.7 Å². The number of benzene rings is 2. The standard InChI is InChI=1S/C22H29N3O5S/c1-5-6-15-23-22(27)19-9-7-8-10-20(19)24-21(26)16(2)25(31(4,28)29)17-11-13-18(30-3)14-12-17/h7-14,16H,5-6,15H2,1-4H3,(H,23,27)(H,24,26)/t16-/m0/s1. The Balaban J connectivity index is 2.26. The lowest BCUT2D eigenvalue weighted by molar-refractivity contribution is -0.116. The molecule has 168 valence electrons. The minimum atomic E-state index is -3.76. The van der Waals surface area contributed by atoms with E-state index in [9.17, 15) is 18.0 Å². The zero-order chi connectivity index (χ0) is 23.0. The minimum Gasteiger partial charge on any atom is -0.497 e. The number of amides is 2. The molecular weight excluding hydrogens is 418 g/mol. The van der Waals surface area contributed by atoms with Gasteiger partial charge in [-0.15, -0.1) is 0 Å². The highest BCUT2D eigenvalue weighted by molar-refractivity contribution is 7.92. The van der Waals surface area contributed by atoms with Gasteiger partial charge in [-0.25, -0.2) is 8.42 Å². The van der Waals surface area contributed by atoms with Crippen LogP contribution in [-0.2, 0) is 14.8 Å². The molecule has 0 spiro atoms. The molecule has 0 bridgehead atoms. The predicted molar refractivity (Wildman–Crippen MR) is 122 cm³/mol. The summed E-state index contributed by atoms with van der Waals surface area (Å²) in [6.45, 7) is 4.05. The smallest absolute Gasteiger partial charge is 0.253 e. The third-order valence-corrected chi connectivity index (χ3v) is 5.90. The number of rotatable bonds is 10. The molecule has 9 heteroatoms. The second-order valence-electron chi connectivity index (χ2n) is 7.08. The largest absolute Gasteiger partial charge is 0.497 e. The van der Waals surface area contributed by atoms with Crippen molar-refractivity contribution >= 4 is 33.2 Å². The molecule has 2 aromatic rings. The fraction of sp³-hybridized carbons (Fsp3) is 0.364. The Morgan fingerprint density at radius 2 is 1.74 bits per heavy atom. The summed E-state index contributed by atoms with van der Waals surface area (Å²) in [6.07, 6.45) is 2.83. The molecule has 0 aliphatic heterocycles. The highest BCUT2D eigenvalue weighted by Gasteiger charge is 2.29. The molecule has 0 aliphatic carbocycles. The van der Waals surface area contributed by atoms with Crippen LogP contribution < -0.4 is 19.7 Å². The van der Waals surface area contributed by atoms with Crippen LogP contribution in [0, 0.1) is 0 Å². The Morgan fingerprint density at radius 1 is 1.10 bits per heavy atom. The molecule has 2 N–H and O–H groups in total. The molecule has 0 heterocycles. The van der Waals surface area contributed by atoms with Crippen molar-refractivity contribution in [3.63, 3.8) is 0 Å². The lowest BCUT2D eigenvalue weighted by Gasteiger charge is -2.28. The predicted octanol–water partition coefficient (Wildman–Crippen LogP) is 3.02. The van der Waals surface area contributed by atoms with Crippen LogP contribution in [0.25, 0.3) is 0 Å². The van der Waals surface area contributed by atoms with E-state index < -0.39 is 22.0 Å². The summed E-state index contributed by atoms with van der Waals surface area (Å²) in [5.41, 5.74) is 0.961. The molecule has 2 aromatic carbocycles. The van der Waals surface area contributed by atoms with Gasteiger partial charge in [-0.2, -0.15) is 0 Å². The van der Waals surface area contributed by atoms with Gasteiger partial charge in [0.05, 0.1) is 30.3 Å². The van der Waals surface area contributed by atoms with Gasteiger partial charge in [0.1, 0.15) is 11.8 Å². The number of anilines is 2. The number of hydrogen-bond acceptors (Lipinski definition) is 5. The number of methoxy groups -OCH3 is 1. The zero-order valence-electron chi connectivity index (χ0n) is 18.2. The summed E-state index contributed by atoms with van der Waals surface area (Å²) in [7, 11) is -2.25. The van der Waals surface area contributed by atoms with E-state index in [1.807, 2.05) is 6.92 Å². The first-order chi connectivity index (χ1) is 14.7. The van der Waals surface area contributed by atoms with E-state index in [-0.39, 0.29) is 5.91 Å². The van der Waals surface area contributed by atoms with E-state index in [0.717, 1.165) is 23.4 Å². The van der Waals surface area contributed by atoms with E-state index in [2.05, 4.69) is 10.6 Å². The Morgan fingerprint density at radius 3 is 2.32 bits per heavy atom. The van der Waals surface area contributed by atoms with Crippen molar-refractivity contribution in [3.8, 4) is 5.75 Å². The lowest BCUT2D eigenvalue weighted by Crippen LogP contribution is -2.45. The number of carbonyl (C=O) groups excluding carboxylic acids is 2. The summed E-state index contributed by atoms with van der Waals surface area (Å²) in [5.74, 6) is -0.292. The van der Waals surface area contributed by atoms with Crippen molar-refractivity contribution in [1.29, 1.82) is 0 Å². The van der Waals surface area contributed by atoms with E-state index in [0.29, 0.717) is 29.2 Å². The lowest BCUT2D eigenvalue weighted by atomic mass is 10.1. The van der Waals surface area contributed by atoms with Gasteiger partial charge in [0.15, 0.2) is 0 Å². The van der Waals surface area contributed by atoms with Gasteiger partial charge in [0.25, 0.3) is 5.91 Å². The summed E-state index contributed by atoms with van der Waals surface area (Å²) in [4.78, 5) is 25.4. The van der Waals surface area contributed by atoms with E-state index in [4.69, 9.17) is 4.74 Å². The zero-order valence-corrected chi connectivity index (χ0v) is 19.0. The quantitative estimate of drug-likeness (QED) is 0.545. The molecule has 8 nitrogen and oxygen atoms in total. The molecule has 0 radical (unpaired) electrons. The van der Waals surface area contributed by atoms with Gasteiger partial charge in [-0.05, 0) is 49.7 Å². The fourth-order valence-corrected chi connectivity index (χ4v) is 4.21. The molecule has 31 heavy (non-hydrogen) atoms. The van der Waals surface area contributed by atoms with Crippen LogP contribution in [0.15, 0.2) is 48.5 Å². The van der Waals surface area contributed by atoms with Gasteiger partial charge in [0.2, 0.25) is 15.9 Å². The van der Waals surface area contributed by atoms with Crippen molar-refractivity contribution in [2.24, 2.45) is 0 Å². The third-order valence-electron chi connectivity index (χ3n) is 4.66. The third kappa shape index (κ3) is 6.45. The van der Waals surface area contributed by atoms with Gasteiger partial charge in [-0.1, -0.05) is 25.5 Å². The van der Waals surface area contributed by atoms with Gasteiger partial charge in [-0.3, -0.25) is 13.9 Å². The van der Waals surface area contributed by atoms with Gasteiger partial charge < -0.3 is 15.4 Å². The summed E-state index contributed by atoms with van der Waals surface area (Å²) in [5, 5.41) is 5.51. The Kier molecular flexibility index (Phi) is 8.44. The SMILES string of the molecule is CCCCNC(=O)c1ccccc1NC(=O)[C@H](C)N(c1ccc(OC)cc1)S(C)(=O)=O. The molecule has 1 atom stereocenters. The first kappa shape index (κ1) is 24.2. The van der Waals surface area contributed by atoms with Crippen LogP contribution in [0.1, 0.15) is 37.0 Å². The van der Waals surface area contributed by atoms with Crippen molar-refractivity contribution < 1.29 is 22.7 Å². The van der Waals surface area contributed by atoms with Crippen LogP contribution in [-0.4, -0.2) is 46.2 Å². The average Bonchev–Trinajstić information content (AvgIpc) is 2.73. The molecule has 2 amide bonds. The monoisotopic (exact) mass is 447 g/mol. The summed E-state index contributed by atoms with van der Waals surface area (Å²) < 4.78 is 31.1. The first-order valence-electron chi connectivity index (χ1n) is 10.0. The number of nitrogens with one attached hydrogen (secondary N) is 2. The molecule has 0 saturated heterocycles. The van der Waals surface area contributed by atoms with E-state index in [1.54, 1.807) is 48.5 Å². The van der Waals surface area contributed by atoms with Crippen molar-refractivity contribution in [3.05, 3.63) is 54.1 Å². The Labute approximate surface area is 183 Å². The normalized spacial score (nSPS) is 12.0. The molecule has 0 fully saturated rings. The van der Waals surface area contributed by atoms with Crippen LogP contribution in [0.2, 0.25) is 0 Å². The second kappa shape index (κ2) is 10.8. The van der Waals surface area contributed by atoms with Crippen LogP contribution in [0.3, 0.4) is 0 Å². The second-order valence-corrected chi connectivity index (χ2v) is 8.94. The molecule has 0 saturated carbocycles. The number of para-hydroxylation sites is 1. The Hall–Kier alpha value is -3.07. The van der Waals surface area contributed by atoms with E-state index >= 15 is 0 Å². The number of nitrogens with zero attached hydrogens (tertiary/aromatic N) is 1. The molecule has 0 aromatic heterocycles. The van der Waals surface area contributed by atoms with E-state index in [1.165, 1.54) is 14.0 Å². The summed E-state index contributed by atoms with van der Waals surface area (Å²) >= 11 is 0. The highest BCUT2D eigenvalue weighted by Crippen LogP contribution is 2.25. The van der Waals surface area contributed by atoms with Crippen LogP contribution in [0.4, 0.5) is 11.4 Å². The van der Waals surface area contributed by atoms with Crippen LogP contribution in [0.5, 0.6) is 5.75 Å². The van der Waals surface area contributed by atoms with Crippen molar-refractivity contribution in [2.75, 3.05) is 29.5 Å². The minimum absolute atomic E-state index is 0.299. The molecule has 2 rings (SSSR count). The number of ether oxygens (including phenoxy) is 1. The molecular formula is C22H29N3O5S. The first-order valence-corrected chi connectivity index (χ1v) is 11.9. The molecule has 0 unspecified atom stereocenters. The average molecular weight is 448 g/mol. The maximum atomic E-state index is 13.0. The van der Waals surface area contributed by atoms with Crippen LogP contribution >= 0.6 is 0 Å². The highest BCUT2D eigenvalue weighted by atomic mass is 32.2. The topological polar surface area (TPSA) is 105 Å². The number of sulfonamides is 1. The Bertz CT molecular complexity index is 1010. The number of unbranched alkanes of at least 4 members (excludes halogenated alkanes) is 1. The van der Waals surface area contributed by atoms with Gasteiger partial charge in [0, 0.05) is 6.54 Å². The fourth-order valence-electron chi connectivity index (χ4n) is 3.04. The number of hydrogen-bond donors (Lipinski definition) is 2. The van der Waals surface area contributed by atoms with Gasteiger partial charge >= 0.3 is 0 Å².